The molecule has 146 valence electrons. The smallest absolute Gasteiger partial charge is 0.325 e. The van der Waals surface area contributed by atoms with Gasteiger partial charge in [0, 0.05) is 28.7 Å². The number of rotatable bonds is 3. The molecule has 3 rings (SSSR count). The molecule has 1 aromatic rings. The van der Waals surface area contributed by atoms with Gasteiger partial charge in [-0.3, -0.25) is 14.5 Å². The number of urea groups is 1. The molecule has 0 bridgehead atoms. The molecule has 0 radical (unpaired) electrons. The summed E-state index contributed by atoms with van der Waals surface area (Å²) in [7, 11) is 0. The van der Waals surface area contributed by atoms with E-state index in [0.29, 0.717) is 35.5 Å². The SMILES string of the molecule is CC1CC(C)CN(C(=O)CN2C(=O)NC(C)(c3ccc(Cl)cc3Cl)C2=O)C1. The Bertz CT molecular complexity index is 790. The molecule has 2 aliphatic heterocycles. The van der Waals surface area contributed by atoms with Crippen molar-refractivity contribution in [3.05, 3.63) is 33.8 Å². The molecule has 2 aliphatic rings. The van der Waals surface area contributed by atoms with Gasteiger partial charge in [0.15, 0.2) is 0 Å². The van der Waals surface area contributed by atoms with E-state index in [1.165, 1.54) is 6.07 Å². The Kier molecular flexibility index (Phi) is 5.41. The molecule has 0 aliphatic carbocycles. The van der Waals surface area contributed by atoms with Gasteiger partial charge in [-0.05, 0) is 37.3 Å². The Morgan fingerprint density at radius 1 is 1.22 bits per heavy atom. The van der Waals surface area contributed by atoms with Gasteiger partial charge >= 0.3 is 6.03 Å². The second-order valence-corrected chi connectivity index (χ2v) is 8.66. The molecule has 1 N–H and O–H groups in total. The van der Waals surface area contributed by atoms with Crippen LogP contribution in [0.5, 0.6) is 0 Å². The monoisotopic (exact) mass is 411 g/mol. The molecule has 8 heteroatoms. The summed E-state index contributed by atoms with van der Waals surface area (Å²) in [5.74, 6) is 0.0874. The van der Waals surface area contributed by atoms with Crippen LogP contribution in [0, 0.1) is 11.8 Å². The van der Waals surface area contributed by atoms with Gasteiger partial charge in [-0.1, -0.05) is 43.1 Å². The maximum absolute atomic E-state index is 13.0. The molecule has 27 heavy (non-hydrogen) atoms. The fourth-order valence-electron chi connectivity index (χ4n) is 4.02. The number of piperidine rings is 1. The number of nitrogens with one attached hydrogen (secondary N) is 1. The molecule has 4 amide bonds. The molecule has 1 aromatic carbocycles. The summed E-state index contributed by atoms with van der Waals surface area (Å²) in [5.41, 5.74) is -0.885. The number of hydrogen-bond donors (Lipinski definition) is 1. The molecule has 6 nitrogen and oxygen atoms in total. The lowest BCUT2D eigenvalue weighted by Crippen LogP contribution is -2.48. The van der Waals surface area contributed by atoms with Gasteiger partial charge in [-0.25, -0.2) is 4.79 Å². The summed E-state index contributed by atoms with van der Waals surface area (Å²) in [6, 6.07) is 4.15. The maximum atomic E-state index is 13.0. The van der Waals surface area contributed by atoms with Crippen molar-refractivity contribution in [3.8, 4) is 0 Å². The molecule has 0 aromatic heterocycles. The van der Waals surface area contributed by atoms with E-state index in [1.807, 2.05) is 0 Å². The van der Waals surface area contributed by atoms with Gasteiger partial charge in [0.1, 0.15) is 12.1 Å². The first-order valence-electron chi connectivity index (χ1n) is 8.99. The molecular formula is C19H23Cl2N3O3. The van der Waals surface area contributed by atoms with Crippen LogP contribution in [-0.2, 0) is 15.1 Å². The lowest BCUT2D eigenvalue weighted by molar-refractivity contribution is -0.140. The minimum Gasteiger partial charge on any atom is -0.341 e. The Morgan fingerprint density at radius 2 is 1.85 bits per heavy atom. The van der Waals surface area contributed by atoms with Crippen molar-refractivity contribution in [2.24, 2.45) is 11.8 Å². The third kappa shape index (κ3) is 3.78. The van der Waals surface area contributed by atoms with Gasteiger partial charge in [-0.15, -0.1) is 0 Å². The number of amides is 4. The summed E-state index contributed by atoms with van der Waals surface area (Å²) in [6.45, 7) is 6.80. The van der Waals surface area contributed by atoms with Crippen LogP contribution in [0.3, 0.4) is 0 Å². The van der Waals surface area contributed by atoms with Gasteiger partial charge in [0.05, 0.1) is 0 Å². The van der Waals surface area contributed by atoms with Crippen molar-refractivity contribution in [2.45, 2.75) is 32.7 Å². The van der Waals surface area contributed by atoms with Crippen LogP contribution in [0.4, 0.5) is 4.79 Å². The molecule has 2 saturated heterocycles. The topological polar surface area (TPSA) is 69.7 Å². The maximum Gasteiger partial charge on any atom is 0.325 e. The third-order valence-corrected chi connectivity index (χ3v) is 5.81. The first kappa shape index (κ1) is 20.0. The number of carbonyl (C=O) groups excluding carboxylic acids is 3. The molecule has 3 atom stereocenters. The molecule has 3 unspecified atom stereocenters. The first-order chi connectivity index (χ1) is 12.6. The number of likely N-dealkylation sites (tertiary alicyclic amines) is 1. The molecule has 0 saturated carbocycles. The molecule has 2 heterocycles. The van der Waals surface area contributed by atoms with Gasteiger partial charge < -0.3 is 10.2 Å². The fourth-order valence-corrected chi connectivity index (χ4v) is 4.62. The second-order valence-electron chi connectivity index (χ2n) is 7.82. The largest absolute Gasteiger partial charge is 0.341 e. The average molecular weight is 412 g/mol. The number of carbonyl (C=O) groups is 3. The van der Waals surface area contributed by atoms with Crippen molar-refractivity contribution >= 4 is 41.0 Å². The van der Waals surface area contributed by atoms with E-state index >= 15 is 0 Å². The summed E-state index contributed by atoms with van der Waals surface area (Å²) in [4.78, 5) is 40.9. The number of nitrogens with zero attached hydrogens (tertiary/aromatic N) is 2. The van der Waals surface area contributed by atoms with Crippen LogP contribution >= 0.6 is 23.2 Å². The molecule has 2 fully saturated rings. The lowest BCUT2D eigenvalue weighted by Gasteiger charge is -2.35. The number of hydrogen-bond acceptors (Lipinski definition) is 3. The van der Waals surface area contributed by atoms with E-state index in [1.54, 1.807) is 24.0 Å². The highest BCUT2D eigenvalue weighted by molar-refractivity contribution is 6.35. The van der Waals surface area contributed by atoms with Crippen LogP contribution in [0.1, 0.15) is 32.8 Å². The number of halogens is 2. The fraction of sp³-hybridized carbons (Fsp3) is 0.526. The van der Waals surface area contributed by atoms with Gasteiger partial charge in [0.25, 0.3) is 5.91 Å². The van der Waals surface area contributed by atoms with E-state index in [0.717, 1.165) is 11.3 Å². The summed E-state index contributed by atoms with van der Waals surface area (Å²) >= 11 is 12.2. The van der Waals surface area contributed by atoms with Gasteiger partial charge in [-0.2, -0.15) is 0 Å². The van der Waals surface area contributed by atoms with E-state index < -0.39 is 17.5 Å². The second kappa shape index (κ2) is 7.32. The van der Waals surface area contributed by atoms with E-state index in [-0.39, 0.29) is 17.5 Å². The number of imide groups is 1. The normalized spacial score (nSPS) is 28.5. The molecule has 0 spiro atoms. The molecular weight excluding hydrogens is 389 g/mol. The predicted molar refractivity (Wildman–Crippen MR) is 104 cm³/mol. The summed E-state index contributed by atoms with van der Waals surface area (Å²) in [5, 5.41) is 3.39. The van der Waals surface area contributed by atoms with E-state index in [9.17, 15) is 14.4 Å². The van der Waals surface area contributed by atoms with Crippen molar-refractivity contribution < 1.29 is 14.4 Å². The number of benzene rings is 1. The average Bonchev–Trinajstić information content (AvgIpc) is 2.77. The summed E-state index contributed by atoms with van der Waals surface area (Å²) in [6.07, 6.45) is 1.07. The quantitative estimate of drug-likeness (QED) is 0.775. The van der Waals surface area contributed by atoms with Crippen LogP contribution in [0.15, 0.2) is 18.2 Å². The first-order valence-corrected chi connectivity index (χ1v) is 9.75. The Balaban J connectivity index is 1.79. The van der Waals surface area contributed by atoms with E-state index in [4.69, 9.17) is 23.2 Å². The van der Waals surface area contributed by atoms with Crippen molar-refractivity contribution in [1.82, 2.24) is 15.1 Å². The highest BCUT2D eigenvalue weighted by atomic mass is 35.5. The lowest BCUT2D eigenvalue weighted by atomic mass is 9.91. The van der Waals surface area contributed by atoms with Crippen LogP contribution in [0.25, 0.3) is 0 Å². The Morgan fingerprint density at radius 3 is 2.44 bits per heavy atom. The zero-order valence-corrected chi connectivity index (χ0v) is 17.1. The van der Waals surface area contributed by atoms with Crippen LogP contribution < -0.4 is 5.32 Å². The Hall–Kier alpha value is -1.79. The van der Waals surface area contributed by atoms with Crippen molar-refractivity contribution in [2.75, 3.05) is 19.6 Å². The highest BCUT2D eigenvalue weighted by Gasteiger charge is 2.50. The van der Waals surface area contributed by atoms with Crippen molar-refractivity contribution in [3.63, 3.8) is 0 Å². The standard InChI is InChI=1S/C19H23Cl2N3O3/c1-11-6-12(2)9-23(8-11)16(25)10-24-17(26)19(3,22-18(24)27)14-5-4-13(20)7-15(14)21/h4-5,7,11-12H,6,8-10H2,1-3H3,(H,22,27). The van der Waals surface area contributed by atoms with Crippen LogP contribution in [-0.4, -0.2) is 47.3 Å². The van der Waals surface area contributed by atoms with Gasteiger partial charge in [0.2, 0.25) is 5.91 Å². The zero-order chi connectivity index (χ0) is 19.9. The summed E-state index contributed by atoms with van der Waals surface area (Å²) < 4.78 is 0. The minimum absolute atomic E-state index is 0.219. The van der Waals surface area contributed by atoms with E-state index in [2.05, 4.69) is 19.2 Å². The highest BCUT2D eigenvalue weighted by Crippen LogP contribution is 2.35. The Labute approximate surface area is 168 Å². The predicted octanol–water partition coefficient (Wildman–Crippen LogP) is 3.26. The minimum atomic E-state index is -1.33. The van der Waals surface area contributed by atoms with Crippen molar-refractivity contribution in [1.29, 1.82) is 0 Å². The van der Waals surface area contributed by atoms with Crippen LogP contribution in [0.2, 0.25) is 10.0 Å². The zero-order valence-electron chi connectivity index (χ0n) is 15.6. The third-order valence-electron chi connectivity index (χ3n) is 5.26.